The van der Waals surface area contributed by atoms with Crippen LogP contribution in [0.1, 0.15) is 24.5 Å². The lowest BCUT2D eigenvalue weighted by atomic mass is 9.89. The van der Waals surface area contributed by atoms with E-state index in [0.29, 0.717) is 17.9 Å². The number of carbonyl (C=O) groups is 1. The average molecular weight is 388 g/mol. The maximum Gasteiger partial charge on any atom is 0.305 e. The van der Waals surface area contributed by atoms with Crippen LogP contribution in [-0.4, -0.2) is 40.9 Å². The van der Waals surface area contributed by atoms with Gasteiger partial charge in [0.1, 0.15) is 11.5 Å². The molecule has 0 aromatic heterocycles. The van der Waals surface area contributed by atoms with Crippen molar-refractivity contribution in [2.45, 2.75) is 26.2 Å². The molecule has 6 nitrogen and oxygen atoms in total. The number of hydrogen-bond donors (Lipinski definition) is 0. The average Bonchev–Trinajstić information content (AvgIpc) is 2.74. The van der Waals surface area contributed by atoms with Gasteiger partial charge in [-0.2, -0.15) is 0 Å². The molecule has 152 valence electrons. The van der Waals surface area contributed by atoms with Crippen molar-refractivity contribution in [2.24, 2.45) is 0 Å². The first-order chi connectivity index (χ1) is 13.7. The molecule has 0 radical (unpaired) electrons. The van der Waals surface area contributed by atoms with Crippen molar-refractivity contribution in [3.8, 4) is 22.6 Å². The highest BCUT2D eigenvalue weighted by Gasteiger charge is 2.21. The number of methoxy groups -OCH3 is 3. The molecule has 0 heterocycles. The highest BCUT2D eigenvalue weighted by atomic mass is 16.7. The molecule has 0 spiro atoms. The first-order valence-electron chi connectivity index (χ1n) is 9.20. The Morgan fingerprint density at radius 1 is 0.893 bits per heavy atom. The quantitative estimate of drug-likeness (QED) is 0.428. The van der Waals surface area contributed by atoms with Crippen LogP contribution >= 0.6 is 0 Å². The maximum atomic E-state index is 11.8. The summed E-state index contributed by atoms with van der Waals surface area (Å²) in [7, 11) is 4.54. The Kier molecular flexibility index (Phi) is 8.78. The fourth-order valence-corrected chi connectivity index (χ4v) is 3.13. The first-order valence-corrected chi connectivity index (χ1v) is 9.20. The van der Waals surface area contributed by atoms with E-state index in [0.717, 1.165) is 28.7 Å². The molecule has 0 unspecified atom stereocenters. The van der Waals surface area contributed by atoms with Gasteiger partial charge in [0.2, 0.25) is 0 Å². The number of rotatable bonds is 11. The van der Waals surface area contributed by atoms with Crippen LogP contribution in [0.2, 0.25) is 0 Å². The number of ether oxygens (including phenoxy) is 5. The van der Waals surface area contributed by atoms with Gasteiger partial charge in [-0.3, -0.25) is 4.79 Å². The first kappa shape index (κ1) is 21.7. The molecular weight excluding hydrogens is 360 g/mol. The summed E-state index contributed by atoms with van der Waals surface area (Å²) in [6.07, 6.45) is 1.51. The van der Waals surface area contributed by atoms with Crippen LogP contribution in [0.25, 0.3) is 11.1 Å². The molecule has 0 aliphatic carbocycles. The molecular formula is C22H28O6. The molecule has 0 aliphatic rings. The van der Waals surface area contributed by atoms with Gasteiger partial charge in [0.15, 0.2) is 13.6 Å². The molecule has 6 heteroatoms. The minimum Gasteiger partial charge on any atom is -0.469 e. The zero-order valence-corrected chi connectivity index (χ0v) is 16.9. The van der Waals surface area contributed by atoms with Gasteiger partial charge in [-0.25, -0.2) is 0 Å². The molecule has 0 fully saturated rings. The Morgan fingerprint density at radius 2 is 1.54 bits per heavy atom. The molecule has 0 aliphatic heterocycles. The predicted molar refractivity (Wildman–Crippen MR) is 107 cm³/mol. The number of hydrogen-bond acceptors (Lipinski definition) is 6. The van der Waals surface area contributed by atoms with Crippen molar-refractivity contribution < 1.29 is 28.5 Å². The highest BCUT2D eigenvalue weighted by molar-refractivity contribution is 5.78. The van der Waals surface area contributed by atoms with Gasteiger partial charge in [0.05, 0.1) is 7.11 Å². The van der Waals surface area contributed by atoms with Crippen molar-refractivity contribution >= 4 is 5.97 Å². The Morgan fingerprint density at radius 3 is 2.11 bits per heavy atom. The lowest BCUT2D eigenvalue weighted by molar-refractivity contribution is -0.140. The van der Waals surface area contributed by atoms with Crippen molar-refractivity contribution in [1.29, 1.82) is 0 Å². The van der Waals surface area contributed by atoms with Crippen LogP contribution in [0.15, 0.2) is 36.4 Å². The predicted octanol–water partition coefficient (Wildman–Crippen LogP) is 3.99. The molecule has 0 amide bonds. The molecule has 2 rings (SSSR count). The van der Waals surface area contributed by atoms with Gasteiger partial charge >= 0.3 is 5.97 Å². The fraction of sp³-hybridized carbons (Fsp3) is 0.409. The topological polar surface area (TPSA) is 63.2 Å². The zero-order chi connectivity index (χ0) is 20.4. The maximum absolute atomic E-state index is 11.8. The van der Waals surface area contributed by atoms with Gasteiger partial charge in [-0.05, 0) is 29.5 Å². The fourth-order valence-electron chi connectivity index (χ4n) is 3.13. The van der Waals surface area contributed by atoms with Crippen molar-refractivity contribution in [3.63, 3.8) is 0 Å². The van der Waals surface area contributed by atoms with Crippen LogP contribution in [0.5, 0.6) is 11.5 Å². The number of benzene rings is 2. The van der Waals surface area contributed by atoms with E-state index in [1.54, 1.807) is 14.2 Å². The summed E-state index contributed by atoms with van der Waals surface area (Å²) in [5.41, 5.74) is 3.95. The minimum atomic E-state index is -0.261. The van der Waals surface area contributed by atoms with E-state index in [1.165, 1.54) is 7.11 Å². The molecule has 0 saturated carbocycles. The summed E-state index contributed by atoms with van der Waals surface area (Å²) in [6.45, 7) is 2.28. The van der Waals surface area contributed by atoms with Gasteiger partial charge in [-0.15, -0.1) is 0 Å². The third kappa shape index (κ3) is 5.47. The third-order valence-electron chi connectivity index (χ3n) is 4.36. The van der Waals surface area contributed by atoms with E-state index >= 15 is 0 Å². The Balaban J connectivity index is 2.66. The standard InChI is InChI=1S/C22H28O6/c1-5-17-18(11-12-21(23)26-4)22(16-9-7-6-8-10-16)20(28-15-25-3)13-19(17)27-14-24-2/h6-10,13H,5,11-12,14-15H2,1-4H3. The Labute approximate surface area is 166 Å². The van der Waals surface area contributed by atoms with Gasteiger partial charge in [-0.1, -0.05) is 37.3 Å². The summed E-state index contributed by atoms with van der Waals surface area (Å²) in [5, 5.41) is 0. The molecule has 0 bridgehead atoms. The van der Waals surface area contributed by atoms with Crippen molar-refractivity contribution in [1.82, 2.24) is 0 Å². The summed E-state index contributed by atoms with van der Waals surface area (Å²) in [4.78, 5) is 11.8. The number of carbonyl (C=O) groups excluding carboxylic acids is 1. The minimum absolute atomic E-state index is 0.103. The lowest BCUT2D eigenvalue weighted by Crippen LogP contribution is -2.10. The van der Waals surface area contributed by atoms with Crippen LogP contribution in [0.3, 0.4) is 0 Å². The van der Waals surface area contributed by atoms with Crippen molar-refractivity contribution in [2.75, 3.05) is 34.9 Å². The second kappa shape index (κ2) is 11.3. The summed E-state index contributed by atoms with van der Waals surface area (Å²) >= 11 is 0. The van der Waals surface area contributed by atoms with E-state index < -0.39 is 0 Å². The molecule has 0 N–H and O–H groups in total. The van der Waals surface area contributed by atoms with Crippen molar-refractivity contribution in [3.05, 3.63) is 47.5 Å². The molecule has 0 atom stereocenters. The third-order valence-corrected chi connectivity index (χ3v) is 4.36. The van der Waals surface area contributed by atoms with E-state index in [9.17, 15) is 4.79 Å². The number of esters is 1. The SMILES string of the molecule is CCc1c(OCOC)cc(OCOC)c(-c2ccccc2)c1CCC(=O)OC. The smallest absolute Gasteiger partial charge is 0.305 e. The summed E-state index contributed by atoms with van der Waals surface area (Å²) in [5.74, 6) is 1.05. The van der Waals surface area contributed by atoms with Crippen LogP contribution in [0.4, 0.5) is 0 Å². The van der Waals surface area contributed by atoms with E-state index in [-0.39, 0.29) is 26.0 Å². The normalized spacial score (nSPS) is 10.6. The van der Waals surface area contributed by atoms with Crippen LogP contribution < -0.4 is 9.47 Å². The molecule has 2 aromatic rings. The monoisotopic (exact) mass is 388 g/mol. The van der Waals surface area contributed by atoms with E-state index in [1.807, 2.05) is 36.4 Å². The Bertz CT molecular complexity index is 757. The second-order valence-electron chi connectivity index (χ2n) is 6.10. The van der Waals surface area contributed by atoms with E-state index in [4.69, 9.17) is 23.7 Å². The second-order valence-corrected chi connectivity index (χ2v) is 6.10. The van der Waals surface area contributed by atoms with E-state index in [2.05, 4.69) is 6.92 Å². The van der Waals surface area contributed by atoms with Gasteiger partial charge < -0.3 is 23.7 Å². The van der Waals surface area contributed by atoms with Gasteiger partial charge in [0.25, 0.3) is 0 Å². The van der Waals surface area contributed by atoms with Gasteiger partial charge in [0, 0.05) is 32.3 Å². The molecule has 0 saturated heterocycles. The Hall–Kier alpha value is -2.57. The molecule has 2 aromatic carbocycles. The molecule has 28 heavy (non-hydrogen) atoms. The highest BCUT2D eigenvalue weighted by Crippen LogP contribution is 2.41. The lowest BCUT2D eigenvalue weighted by Gasteiger charge is -2.22. The summed E-state index contributed by atoms with van der Waals surface area (Å²) in [6, 6.07) is 11.8. The zero-order valence-electron chi connectivity index (χ0n) is 16.9. The van der Waals surface area contributed by atoms with Crippen LogP contribution in [-0.2, 0) is 31.8 Å². The largest absolute Gasteiger partial charge is 0.469 e. The summed E-state index contributed by atoms with van der Waals surface area (Å²) < 4.78 is 26.7. The van der Waals surface area contributed by atoms with Crippen LogP contribution in [0, 0.1) is 0 Å².